The van der Waals surface area contributed by atoms with E-state index in [9.17, 15) is 0 Å². The fourth-order valence-corrected chi connectivity index (χ4v) is 3.37. The van der Waals surface area contributed by atoms with Crippen LogP contribution in [0.5, 0.6) is 11.5 Å². The SMILES string of the molecule is CCCC1CCC(Nc2ccc3c(c2)OCCO3)CC1. The van der Waals surface area contributed by atoms with Crippen molar-refractivity contribution in [2.45, 2.75) is 51.5 Å². The van der Waals surface area contributed by atoms with Crippen LogP contribution >= 0.6 is 0 Å². The molecule has 2 aliphatic rings. The van der Waals surface area contributed by atoms with Crippen molar-refractivity contribution >= 4 is 5.69 Å². The molecule has 0 amide bonds. The molecule has 0 bridgehead atoms. The van der Waals surface area contributed by atoms with Crippen LogP contribution < -0.4 is 14.8 Å². The molecule has 0 spiro atoms. The van der Waals surface area contributed by atoms with Gasteiger partial charge >= 0.3 is 0 Å². The highest BCUT2D eigenvalue weighted by atomic mass is 16.6. The van der Waals surface area contributed by atoms with Crippen molar-refractivity contribution < 1.29 is 9.47 Å². The maximum absolute atomic E-state index is 5.64. The predicted molar refractivity (Wildman–Crippen MR) is 81.7 cm³/mol. The van der Waals surface area contributed by atoms with Gasteiger partial charge in [0.25, 0.3) is 0 Å². The monoisotopic (exact) mass is 275 g/mol. The minimum absolute atomic E-state index is 0.616. The molecule has 3 rings (SSSR count). The van der Waals surface area contributed by atoms with E-state index in [4.69, 9.17) is 9.47 Å². The van der Waals surface area contributed by atoms with E-state index in [1.807, 2.05) is 6.07 Å². The number of benzene rings is 1. The third-order valence-corrected chi connectivity index (χ3v) is 4.46. The molecule has 1 N–H and O–H groups in total. The highest BCUT2D eigenvalue weighted by molar-refractivity contribution is 5.55. The lowest BCUT2D eigenvalue weighted by Crippen LogP contribution is -2.26. The van der Waals surface area contributed by atoms with Crippen molar-refractivity contribution in [3.63, 3.8) is 0 Å². The maximum Gasteiger partial charge on any atom is 0.163 e. The topological polar surface area (TPSA) is 30.5 Å². The molecule has 1 aromatic rings. The summed E-state index contributed by atoms with van der Waals surface area (Å²) in [5.74, 6) is 2.70. The van der Waals surface area contributed by atoms with E-state index < -0.39 is 0 Å². The summed E-state index contributed by atoms with van der Waals surface area (Å²) in [6.07, 6.45) is 8.05. The zero-order valence-corrected chi connectivity index (χ0v) is 12.4. The minimum atomic E-state index is 0.616. The van der Waals surface area contributed by atoms with Crippen LogP contribution in [0.2, 0.25) is 0 Å². The average Bonchev–Trinajstić information content (AvgIpc) is 2.49. The van der Waals surface area contributed by atoms with Crippen LogP contribution in [-0.4, -0.2) is 19.3 Å². The summed E-state index contributed by atoms with van der Waals surface area (Å²) in [5, 5.41) is 3.66. The molecule has 1 aliphatic carbocycles. The maximum atomic E-state index is 5.64. The number of hydrogen-bond acceptors (Lipinski definition) is 3. The van der Waals surface area contributed by atoms with Gasteiger partial charge in [0, 0.05) is 17.8 Å². The van der Waals surface area contributed by atoms with E-state index in [0.29, 0.717) is 19.3 Å². The highest BCUT2D eigenvalue weighted by Crippen LogP contribution is 2.34. The molecule has 0 aromatic heterocycles. The van der Waals surface area contributed by atoms with Gasteiger partial charge in [0.2, 0.25) is 0 Å². The number of ether oxygens (including phenoxy) is 2. The van der Waals surface area contributed by atoms with Gasteiger partial charge in [-0.15, -0.1) is 0 Å². The van der Waals surface area contributed by atoms with Gasteiger partial charge in [0.05, 0.1) is 0 Å². The van der Waals surface area contributed by atoms with Gasteiger partial charge < -0.3 is 14.8 Å². The normalized spacial score (nSPS) is 25.2. The molecule has 1 fully saturated rings. The van der Waals surface area contributed by atoms with Crippen molar-refractivity contribution in [1.82, 2.24) is 0 Å². The van der Waals surface area contributed by atoms with E-state index in [-0.39, 0.29) is 0 Å². The number of hydrogen-bond donors (Lipinski definition) is 1. The summed E-state index contributed by atoms with van der Waals surface area (Å²) in [7, 11) is 0. The molecule has 0 radical (unpaired) electrons. The van der Waals surface area contributed by atoms with Crippen molar-refractivity contribution in [3.8, 4) is 11.5 Å². The van der Waals surface area contributed by atoms with Gasteiger partial charge in [-0.3, -0.25) is 0 Å². The zero-order valence-electron chi connectivity index (χ0n) is 12.4. The van der Waals surface area contributed by atoms with E-state index in [1.165, 1.54) is 38.5 Å². The molecular weight excluding hydrogens is 250 g/mol. The zero-order chi connectivity index (χ0) is 13.8. The van der Waals surface area contributed by atoms with Gasteiger partial charge in [-0.1, -0.05) is 19.8 Å². The molecule has 1 saturated carbocycles. The molecular formula is C17H25NO2. The van der Waals surface area contributed by atoms with E-state index in [2.05, 4.69) is 24.4 Å². The highest BCUT2D eigenvalue weighted by Gasteiger charge is 2.21. The number of fused-ring (bicyclic) bond motifs is 1. The van der Waals surface area contributed by atoms with E-state index >= 15 is 0 Å². The second kappa shape index (κ2) is 6.38. The molecule has 1 aliphatic heterocycles. The van der Waals surface area contributed by atoms with Crippen LogP contribution in [0.4, 0.5) is 5.69 Å². The number of anilines is 1. The first-order valence-corrected chi connectivity index (χ1v) is 8.01. The Hall–Kier alpha value is -1.38. The Morgan fingerprint density at radius 3 is 2.55 bits per heavy atom. The summed E-state index contributed by atoms with van der Waals surface area (Å²) in [6, 6.07) is 6.81. The molecule has 0 saturated heterocycles. The Morgan fingerprint density at radius 2 is 1.80 bits per heavy atom. The van der Waals surface area contributed by atoms with E-state index in [0.717, 1.165) is 23.1 Å². The Labute approximate surface area is 121 Å². The van der Waals surface area contributed by atoms with Gasteiger partial charge in [-0.2, -0.15) is 0 Å². The van der Waals surface area contributed by atoms with Gasteiger partial charge in [-0.25, -0.2) is 0 Å². The smallest absolute Gasteiger partial charge is 0.163 e. The summed E-state index contributed by atoms with van der Waals surface area (Å²) in [4.78, 5) is 0. The summed E-state index contributed by atoms with van der Waals surface area (Å²) < 4.78 is 11.2. The molecule has 20 heavy (non-hydrogen) atoms. The van der Waals surface area contributed by atoms with Crippen LogP contribution in [0, 0.1) is 5.92 Å². The predicted octanol–water partition coefficient (Wildman–Crippen LogP) is 4.23. The van der Waals surface area contributed by atoms with Crippen molar-refractivity contribution in [2.24, 2.45) is 5.92 Å². The van der Waals surface area contributed by atoms with E-state index in [1.54, 1.807) is 0 Å². The molecule has 3 nitrogen and oxygen atoms in total. The lowest BCUT2D eigenvalue weighted by atomic mass is 9.83. The largest absolute Gasteiger partial charge is 0.486 e. The average molecular weight is 275 g/mol. The fourth-order valence-electron chi connectivity index (χ4n) is 3.37. The van der Waals surface area contributed by atoms with Gasteiger partial charge in [0.15, 0.2) is 11.5 Å². The lowest BCUT2D eigenvalue weighted by Gasteiger charge is -2.30. The molecule has 110 valence electrons. The first-order chi connectivity index (χ1) is 9.85. The summed E-state index contributed by atoms with van der Waals surface area (Å²) in [6.45, 7) is 3.60. The van der Waals surface area contributed by atoms with Crippen LogP contribution in [0.15, 0.2) is 18.2 Å². The van der Waals surface area contributed by atoms with Crippen LogP contribution in [-0.2, 0) is 0 Å². The third-order valence-electron chi connectivity index (χ3n) is 4.46. The number of nitrogens with one attached hydrogen (secondary N) is 1. The van der Waals surface area contributed by atoms with Crippen molar-refractivity contribution in [2.75, 3.05) is 18.5 Å². The Bertz CT molecular complexity index is 439. The Balaban J connectivity index is 1.56. The van der Waals surface area contributed by atoms with Crippen LogP contribution in [0.3, 0.4) is 0 Å². The summed E-state index contributed by atoms with van der Waals surface area (Å²) in [5.41, 5.74) is 1.16. The first-order valence-electron chi connectivity index (χ1n) is 8.01. The fraction of sp³-hybridized carbons (Fsp3) is 0.647. The first kappa shape index (κ1) is 13.6. The second-order valence-electron chi connectivity index (χ2n) is 6.01. The Kier molecular flexibility index (Phi) is 4.34. The van der Waals surface area contributed by atoms with Crippen LogP contribution in [0.25, 0.3) is 0 Å². The minimum Gasteiger partial charge on any atom is -0.486 e. The van der Waals surface area contributed by atoms with Crippen LogP contribution in [0.1, 0.15) is 45.4 Å². The second-order valence-corrected chi connectivity index (χ2v) is 6.01. The molecule has 0 atom stereocenters. The van der Waals surface area contributed by atoms with Gasteiger partial charge in [-0.05, 0) is 43.7 Å². The Morgan fingerprint density at radius 1 is 1.05 bits per heavy atom. The molecule has 1 heterocycles. The summed E-state index contributed by atoms with van der Waals surface area (Å²) >= 11 is 0. The molecule has 3 heteroatoms. The van der Waals surface area contributed by atoms with Gasteiger partial charge in [0.1, 0.15) is 13.2 Å². The van der Waals surface area contributed by atoms with Crippen molar-refractivity contribution in [1.29, 1.82) is 0 Å². The lowest BCUT2D eigenvalue weighted by molar-refractivity contribution is 0.171. The van der Waals surface area contributed by atoms with Crippen molar-refractivity contribution in [3.05, 3.63) is 18.2 Å². The molecule has 1 aromatic carbocycles. The third kappa shape index (κ3) is 3.20. The standard InChI is InChI=1S/C17H25NO2/c1-2-3-13-4-6-14(7-5-13)18-15-8-9-16-17(12-15)20-11-10-19-16/h8-9,12-14,18H,2-7,10-11H2,1H3. The molecule has 0 unspecified atom stereocenters. The number of rotatable bonds is 4. The quantitative estimate of drug-likeness (QED) is 0.892.